The molecule has 0 saturated carbocycles. The molecular weight excluding hydrogens is 419 g/mol. The third-order valence-electron chi connectivity index (χ3n) is 5.87. The van der Waals surface area contributed by atoms with E-state index in [1.54, 1.807) is 55.6 Å². The first-order valence-corrected chi connectivity index (χ1v) is 9.22. The van der Waals surface area contributed by atoms with Crippen LogP contribution in [-0.2, 0) is 26.4 Å². The van der Waals surface area contributed by atoms with Gasteiger partial charge in [-0.3, -0.25) is 19.6 Å². The number of amides is 2. The van der Waals surface area contributed by atoms with E-state index in [0.29, 0.717) is 24.5 Å². The molecule has 0 atom stereocenters. The van der Waals surface area contributed by atoms with Gasteiger partial charge in [-0.1, -0.05) is 0 Å². The summed E-state index contributed by atoms with van der Waals surface area (Å²) in [6.45, 7) is 11.0. The van der Waals surface area contributed by atoms with E-state index < -0.39 is 11.1 Å². The first-order valence-electron chi connectivity index (χ1n) is 9.22. The topological polar surface area (TPSA) is 106 Å². The number of hydrogen-bond acceptors (Lipinski definition) is 6. The van der Waals surface area contributed by atoms with Crippen LogP contribution in [0.25, 0.3) is 0 Å². The quantitative estimate of drug-likeness (QED) is 0.495. The number of aliphatic imine (C=N–C) groups is 2. The van der Waals surface area contributed by atoms with Crippen molar-refractivity contribution in [2.45, 2.75) is 52.6 Å². The van der Waals surface area contributed by atoms with Crippen molar-refractivity contribution in [3.63, 3.8) is 0 Å². The molecule has 2 aliphatic rings. The number of rotatable bonds is 5. The van der Waals surface area contributed by atoms with Crippen LogP contribution in [0.4, 0.5) is 0 Å². The molecule has 9 heteroatoms. The van der Waals surface area contributed by atoms with E-state index in [2.05, 4.69) is 9.98 Å². The molecule has 0 unspecified atom stereocenters. The number of likely N-dealkylation sites (N-methyl/N-ethyl adjacent to an activating group) is 2. The van der Waals surface area contributed by atoms with E-state index >= 15 is 0 Å². The Morgan fingerprint density at radius 1 is 0.793 bits per heavy atom. The van der Waals surface area contributed by atoms with Crippen LogP contribution in [0.3, 0.4) is 0 Å². The van der Waals surface area contributed by atoms with E-state index in [4.69, 9.17) is 0 Å². The van der Waals surface area contributed by atoms with Gasteiger partial charge in [-0.15, -0.1) is 0 Å². The standard InChI is InChI=1S/C20H30N4O4.Co/c1-11(13-15(25)19(3,4)23(7)17(13)27)21-9-10-22-12(2)14-16(26)20(5,6)24(8)18(14)28;/h25-26H,9-10H2,1-8H3;. The third kappa shape index (κ3) is 3.98. The SMILES string of the molecule is CC(=NCCN=C(C)C1=C(O)C(C)(C)N(C)C1=O)C1=C(O)C(C)(C)N(C)C1=O.[Co]. The van der Waals surface area contributed by atoms with Crippen molar-refractivity contribution >= 4 is 23.2 Å². The van der Waals surface area contributed by atoms with Gasteiger partial charge < -0.3 is 20.0 Å². The van der Waals surface area contributed by atoms with Gasteiger partial charge in [0.2, 0.25) is 0 Å². The molecule has 0 bridgehead atoms. The van der Waals surface area contributed by atoms with Gasteiger partial charge in [0.15, 0.2) is 0 Å². The zero-order valence-corrected chi connectivity index (χ0v) is 19.3. The second kappa shape index (κ2) is 8.31. The molecule has 0 aromatic heterocycles. The summed E-state index contributed by atoms with van der Waals surface area (Å²) < 4.78 is 0. The van der Waals surface area contributed by atoms with E-state index in [1.165, 1.54) is 9.80 Å². The fourth-order valence-corrected chi connectivity index (χ4v) is 3.22. The third-order valence-corrected chi connectivity index (χ3v) is 5.87. The maximum Gasteiger partial charge on any atom is 0.259 e. The fourth-order valence-electron chi connectivity index (χ4n) is 3.22. The molecule has 163 valence electrons. The van der Waals surface area contributed by atoms with Gasteiger partial charge in [0.1, 0.15) is 22.7 Å². The number of aliphatic hydroxyl groups excluding tert-OH is 2. The number of aliphatic hydroxyl groups is 2. The molecule has 0 fully saturated rings. The van der Waals surface area contributed by atoms with Crippen LogP contribution in [0.1, 0.15) is 41.5 Å². The van der Waals surface area contributed by atoms with Gasteiger partial charge in [-0.25, -0.2) is 0 Å². The minimum Gasteiger partial charge on any atom is -0.509 e. The van der Waals surface area contributed by atoms with Crippen LogP contribution in [0.5, 0.6) is 0 Å². The van der Waals surface area contributed by atoms with Gasteiger partial charge in [0, 0.05) is 42.3 Å². The maximum atomic E-state index is 12.4. The second-order valence-corrected chi connectivity index (χ2v) is 8.23. The second-order valence-electron chi connectivity index (χ2n) is 8.23. The van der Waals surface area contributed by atoms with Crippen LogP contribution >= 0.6 is 0 Å². The summed E-state index contributed by atoms with van der Waals surface area (Å²) in [5.41, 5.74) is -0.168. The summed E-state index contributed by atoms with van der Waals surface area (Å²) >= 11 is 0. The summed E-state index contributed by atoms with van der Waals surface area (Å²) in [6.07, 6.45) is 0. The smallest absolute Gasteiger partial charge is 0.259 e. The Labute approximate surface area is 182 Å². The molecule has 8 nitrogen and oxygen atoms in total. The van der Waals surface area contributed by atoms with Crippen LogP contribution in [0, 0.1) is 0 Å². The maximum absolute atomic E-state index is 12.4. The largest absolute Gasteiger partial charge is 0.509 e. The van der Waals surface area contributed by atoms with Crippen molar-refractivity contribution in [2.24, 2.45) is 9.98 Å². The molecule has 2 heterocycles. The fraction of sp³-hybridized carbons (Fsp3) is 0.600. The Balaban J connectivity index is 0.00000420. The van der Waals surface area contributed by atoms with E-state index in [9.17, 15) is 19.8 Å². The molecule has 0 saturated heterocycles. The summed E-state index contributed by atoms with van der Waals surface area (Å²) in [6, 6.07) is 0. The summed E-state index contributed by atoms with van der Waals surface area (Å²) in [5.74, 6) is -0.503. The van der Waals surface area contributed by atoms with Crippen molar-refractivity contribution in [1.29, 1.82) is 0 Å². The number of carbonyl (C=O) groups excluding carboxylic acids is 2. The Morgan fingerprint density at radius 3 is 1.28 bits per heavy atom. The molecule has 2 N–H and O–H groups in total. The van der Waals surface area contributed by atoms with Crippen LogP contribution < -0.4 is 0 Å². The van der Waals surface area contributed by atoms with Gasteiger partial charge in [0.25, 0.3) is 11.8 Å². The zero-order valence-electron chi connectivity index (χ0n) is 18.2. The van der Waals surface area contributed by atoms with Gasteiger partial charge in [-0.05, 0) is 41.5 Å². The average Bonchev–Trinajstić information content (AvgIpc) is 2.86. The van der Waals surface area contributed by atoms with Crippen molar-refractivity contribution in [1.82, 2.24) is 9.80 Å². The Hall–Kier alpha value is -2.13. The Morgan fingerprint density at radius 2 is 1.07 bits per heavy atom. The van der Waals surface area contributed by atoms with Crippen molar-refractivity contribution in [3.05, 3.63) is 22.7 Å². The van der Waals surface area contributed by atoms with Gasteiger partial charge in [-0.2, -0.15) is 0 Å². The predicted octanol–water partition coefficient (Wildman–Crippen LogP) is 2.03. The molecule has 29 heavy (non-hydrogen) atoms. The molecule has 2 rings (SSSR count). The monoisotopic (exact) mass is 449 g/mol. The molecule has 0 spiro atoms. The molecule has 2 aliphatic heterocycles. The molecular formula is C20H30CoN4O4. The molecule has 0 aromatic rings. The summed E-state index contributed by atoms with van der Waals surface area (Å²) in [4.78, 5) is 36.4. The molecule has 1 radical (unpaired) electrons. The first kappa shape index (κ1) is 24.9. The van der Waals surface area contributed by atoms with E-state index in [-0.39, 0.29) is 51.3 Å². The van der Waals surface area contributed by atoms with Gasteiger partial charge >= 0.3 is 0 Å². The average molecular weight is 449 g/mol. The summed E-state index contributed by atoms with van der Waals surface area (Å²) in [5, 5.41) is 20.8. The van der Waals surface area contributed by atoms with Gasteiger partial charge in [0.05, 0.1) is 24.2 Å². The number of carbonyl (C=O) groups is 2. The number of hydrogen-bond donors (Lipinski definition) is 2. The predicted molar refractivity (Wildman–Crippen MR) is 109 cm³/mol. The minimum atomic E-state index is -0.760. The van der Waals surface area contributed by atoms with E-state index in [0.717, 1.165) is 0 Å². The number of nitrogens with zero attached hydrogens (tertiary/aromatic N) is 4. The molecule has 0 aliphatic carbocycles. The van der Waals surface area contributed by atoms with Crippen molar-refractivity contribution in [2.75, 3.05) is 27.2 Å². The van der Waals surface area contributed by atoms with Crippen molar-refractivity contribution < 1.29 is 36.6 Å². The molecule has 0 aromatic carbocycles. The Bertz CT molecular complexity index is 783. The van der Waals surface area contributed by atoms with Crippen LogP contribution in [0.15, 0.2) is 32.6 Å². The van der Waals surface area contributed by atoms with Crippen LogP contribution in [0.2, 0.25) is 0 Å². The zero-order chi connectivity index (χ0) is 21.6. The Kier molecular flexibility index (Phi) is 7.14. The van der Waals surface area contributed by atoms with Crippen LogP contribution in [-0.4, -0.2) is 81.5 Å². The van der Waals surface area contributed by atoms with E-state index in [1.807, 2.05) is 0 Å². The summed E-state index contributed by atoms with van der Waals surface area (Å²) in [7, 11) is 3.29. The normalized spacial score (nSPS) is 22.1. The first-order chi connectivity index (χ1) is 12.8. The minimum absolute atomic E-state index is 0. The molecule has 2 amide bonds. The van der Waals surface area contributed by atoms with Crippen molar-refractivity contribution in [3.8, 4) is 0 Å².